The number of hydrogen-bond donors (Lipinski definition) is 0. The molecule has 0 N–H and O–H groups in total. The second-order valence-corrected chi connectivity index (χ2v) is 37.0. The Balaban J connectivity index is 0.00000130. The van der Waals surface area contributed by atoms with Gasteiger partial charge in [-0.2, -0.15) is 0 Å². The first kappa shape index (κ1) is 111. The van der Waals surface area contributed by atoms with E-state index in [0.717, 1.165) is 98.1 Å². The van der Waals surface area contributed by atoms with Gasteiger partial charge >= 0.3 is 42.1 Å². The number of aryl methyl sites for hydroxylation is 12. The molecule has 0 aliphatic carbocycles. The molecule has 0 aromatic heterocycles. The van der Waals surface area contributed by atoms with Gasteiger partial charge in [-0.15, -0.1) is 67.4 Å². The second kappa shape index (κ2) is 57.3. The van der Waals surface area contributed by atoms with Crippen molar-refractivity contribution >= 4 is 34.1 Å². The van der Waals surface area contributed by atoms with Gasteiger partial charge in [0.2, 0.25) is 0 Å². The molecule has 0 saturated carbocycles. The monoisotopic (exact) mass is 1780 g/mol. The zero-order valence-corrected chi connectivity index (χ0v) is 82.6. The van der Waals surface area contributed by atoms with E-state index in [1.54, 1.807) is 0 Å². The fraction of sp³-hybridized carbons (Fsp3) is 0.529. The van der Waals surface area contributed by atoms with Crippen LogP contribution in [0.4, 0.5) is 34.1 Å². The van der Waals surface area contributed by atoms with Crippen LogP contribution in [-0.4, -0.2) is 86.1 Å². The molecule has 4 heterocycles. The van der Waals surface area contributed by atoms with Crippen LogP contribution >= 0.6 is 0 Å². The molecule has 8 aromatic rings. The van der Waals surface area contributed by atoms with Gasteiger partial charge in [-0.05, 0) is 146 Å². The van der Waals surface area contributed by atoms with Gasteiger partial charge in [0.25, 0.3) is 0 Å². The van der Waals surface area contributed by atoms with E-state index in [1.165, 1.54) is 118 Å². The predicted octanol–water partition coefficient (Wildman–Crippen LogP) is 32.3. The minimum atomic E-state index is -0.612. The van der Waals surface area contributed by atoms with Crippen LogP contribution in [0.3, 0.4) is 0 Å². The molecule has 4 fully saturated rings. The fourth-order valence-corrected chi connectivity index (χ4v) is 12.4. The molecule has 2 atom stereocenters. The van der Waals surface area contributed by atoms with Crippen LogP contribution in [-0.2, 0) is 61.1 Å². The predicted molar refractivity (Wildman–Crippen MR) is 502 cm³/mol. The summed E-state index contributed by atoms with van der Waals surface area (Å²) in [4.78, 5) is 0. The summed E-state index contributed by atoms with van der Waals surface area (Å²) in [5, 5.41) is 34.4. The summed E-state index contributed by atoms with van der Waals surface area (Å²) in [5.41, 5.74) is 42.0. The smallest absolute Gasteiger partial charge is 0.711 e. The second-order valence-electron chi connectivity index (χ2n) is 37.0. The van der Waals surface area contributed by atoms with Gasteiger partial charge in [-0.1, -0.05) is 361 Å². The van der Waals surface area contributed by atoms with E-state index in [1.807, 2.05) is 60.7 Å². The molecule has 0 spiro atoms. The van der Waals surface area contributed by atoms with Crippen LogP contribution in [0.15, 0.2) is 180 Å². The molecule has 12 rings (SSSR count). The Morgan fingerprint density at radius 1 is 0.229 bits per heavy atom. The minimum absolute atomic E-state index is 0. The van der Waals surface area contributed by atoms with E-state index >= 15 is 0 Å². The number of benzene rings is 8. The van der Waals surface area contributed by atoms with Crippen LogP contribution in [0.25, 0.3) is 43.0 Å². The Hall–Kier alpha value is -7.02. The van der Waals surface area contributed by atoms with Gasteiger partial charge in [0.05, 0.1) is 12.1 Å². The van der Waals surface area contributed by atoms with E-state index in [-0.39, 0.29) is 75.4 Å². The third-order valence-electron chi connectivity index (χ3n) is 16.2. The van der Waals surface area contributed by atoms with Crippen LogP contribution in [0.2, 0.25) is 0 Å². The molecule has 0 bridgehead atoms. The van der Waals surface area contributed by atoms with Crippen molar-refractivity contribution in [3.63, 3.8) is 0 Å². The quantitative estimate of drug-likeness (QED) is 0.0920. The number of rotatable bonds is 11. The van der Waals surface area contributed by atoms with E-state index in [0.29, 0.717) is 0 Å². The van der Waals surface area contributed by atoms with Crippen molar-refractivity contribution in [3.8, 4) is 0 Å². The molecule has 14 nitrogen and oxygen atoms in total. The number of nitrogens with zero attached hydrogens (tertiary/aromatic N) is 10. The average molecular weight is 1770 g/mol. The molecule has 4 saturated heterocycles. The van der Waals surface area contributed by atoms with Crippen molar-refractivity contribution < 1.29 is 61.1 Å². The normalized spacial score (nSPS) is 13.7. The van der Waals surface area contributed by atoms with E-state index < -0.39 is 12.1 Å². The Bertz CT molecular complexity index is 3280. The molecule has 0 radical (unpaired) electrons. The summed E-state index contributed by atoms with van der Waals surface area (Å²) in [5.74, 6) is 0. The Kier molecular flexibility index (Phi) is 53.9. The molecule has 8 aromatic carbocycles. The first-order valence-corrected chi connectivity index (χ1v) is 42.0. The summed E-state index contributed by atoms with van der Waals surface area (Å²) in [6.07, 6.45) is 10.2. The SMILES string of the molecule is C1CCOC1.C1CCOC1.C1CCOC1.C1CCOC1.Cc1cc(C)cc([N-]C(C)(C)C)c1.Cc1cc(C)cc([N-]C(C)(C)C)c1.Cc1cc(C)cc([N-]C(C)(C)C)c1.Cc1cc(C)cc([N-]C(C)(C)C)c1.Cc1cc(C)cc([N-]C(C)(C)C)c1.Cc1cc(C)cc([N-]C(C)(C)C)c1.[Mo+4].[Mo+4].[N-]=N[C@@H](c1ccccc1)[C@@H](N=[N-])c1ccccc1. The summed E-state index contributed by atoms with van der Waals surface area (Å²) in [6, 6.07) is 55.8. The summed E-state index contributed by atoms with van der Waals surface area (Å²) >= 11 is 0. The van der Waals surface area contributed by atoms with Crippen LogP contribution < -0.4 is 0 Å². The average Bonchev–Trinajstić information content (AvgIpc) is 0.883. The third kappa shape index (κ3) is 58.8. The molecule has 4 aliphatic heterocycles. The molecule has 118 heavy (non-hydrogen) atoms. The van der Waals surface area contributed by atoms with Gasteiger partial charge in [0.15, 0.2) is 0 Å². The maximum absolute atomic E-state index is 9.20. The molecule has 0 unspecified atom stereocenters. The zero-order valence-electron chi connectivity index (χ0n) is 78.6. The fourth-order valence-electron chi connectivity index (χ4n) is 12.4. The topological polar surface area (TPSA) is 191 Å². The molecule has 4 aliphatic rings. The van der Waals surface area contributed by atoms with Crippen LogP contribution in [0.1, 0.15) is 266 Å². The van der Waals surface area contributed by atoms with E-state index in [4.69, 9.17) is 18.9 Å². The van der Waals surface area contributed by atoms with Crippen molar-refractivity contribution in [2.24, 2.45) is 10.2 Å². The van der Waals surface area contributed by atoms with Crippen LogP contribution in [0.5, 0.6) is 0 Å². The van der Waals surface area contributed by atoms with Gasteiger partial charge in [-0.25, -0.2) is 0 Å². The largest absolute Gasteiger partial charge is 4.00 e. The van der Waals surface area contributed by atoms with Gasteiger partial charge < -0.3 is 72.1 Å². The Labute approximate surface area is 748 Å². The molecular formula is C102H152Mo2N10O4. The van der Waals surface area contributed by atoms with E-state index in [9.17, 15) is 11.1 Å². The molecule has 16 heteroatoms. The third-order valence-corrected chi connectivity index (χ3v) is 16.2. The maximum atomic E-state index is 9.20. The van der Waals surface area contributed by atoms with Gasteiger partial charge in [0, 0.05) is 52.9 Å². The first-order chi connectivity index (χ1) is 54.1. The number of hydrogen-bond acceptors (Lipinski definition) is 6. The summed E-state index contributed by atoms with van der Waals surface area (Å²) in [7, 11) is 0. The van der Waals surface area contributed by atoms with E-state index in [2.05, 4.69) is 359 Å². The first-order valence-electron chi connectivity index (χ1n) is 42.0. The Morgan fingerprint density at radius 2 is 0.356 bits per heavy atom. The van der Waals surface area contributed by atoms with Crippen molar-refractivity contribution in [1.82, 2.24) is 0 Å². The van der Waals surface area contributed by atoms with Crippen molar-refractivity contribution in [2.75, 3.05) is 52.9 Å². The Morgan fingerprint density at radius 3 is 0.449 bits per heavy atom. The van der Waals surface area contributed by atoms with Crippen molar-refractivity contribution in [3.05, 3.63) is 291 Å². The van der Waals surface area contributed by atoms with Crippen molar-refractivity contribution in [1.29, 1.82) is 0 Å². The molecule has 646 valence electrons. The molecule has 0 amide bonds. The zero-order chi connectivity index (χ0) is 87.3. The van der Waals surface area contributed by atoms with Crippen molar-refractivity contribution in [2.45, 2.75) is 304 Å². The van der Waals surface area contributed by atoms with Crippen LogP contribution in [0, 0.1) is 83.1 Å². The molecular weight excluding hydrogens is 1620 g/mol. The summed E-state index contributed by atoms with van der Waals surface area (Å²) < 4.78 is 19.8. The van der Waals surface area contributed by atoms with Gasteiger partial charge in [-0.3, -0.25) is 0 Å². The van der Waals surface area contributed by atoms with Gasteiger partial charge in [0.1, 0.15) is 0 Å². The summed E-state index contributed by atoms with van der Waals surface area (Å²) in [6.45, 7) is 71.4. The standard InChI is InChI=1S/C14H12N4.6C12H18N.4C4H8O.2Mo/c15-17-13(11-7-3-1-4-8-11)14(18-16)12-9-5-2-6-10-12;6*1-9-6-10(2)8-11(7-9)13-12(3,4)5;4*1-2-4-5-3-1;;/h1-10,13-14H;6*6-8H,1-5H3;4*1-4H2;;/q-2;6*-1;;;;;2*+4/t13-,14-;;;;;;;;;;;;/m0............/s1. The number of ether oxygens (including phenoxy) is 4. The minimum Gasteiger partial charge on any atom is -0.711 e. The maximum Gasteiger partial charge on any atom is 4.00 e.